The zero-order chi connectivity index (χ0) is 15.3. The molecule has 1 aliphatic heterocycles. The Morgan fingerprint density at radius 2 is 2.05 bits per heavy atom. The van der Waals surface area contributed by atoms with Gasteiger partial charge in [0.2, 0.25) is 16.0 Å². The minimum absolute atomic E-state index is 0.0996. The van der Waals surface area contributed by atoms with Crippen LogP contribution in [0, 0.1) is 0 Å². The van der Waals surface area contributed by atoms with Gasteiger partial charge in [0.1, 0.15) is 4.90 Å². The molecule has 0 amide bonds. The highest BCUT2D eigenvalue weighted by atomic mass is 32.2. The van der Waals surface area contributed by atoms with Crippen LogP contribution in [0.3, 0.4) is 0 Å². The number of sulfonamides is 1. The molecule has 21 heavy (non-hydrogen) atoms. The summed E-state index contributed by atoms with van der Waals surface area (Å²) in [5, 5.41) is 2.93. The summed E-state index contributed by atoms with van der Waals surface area (Å²) in [6, 6.07) is 0.260. The van der Waals surface area contributed by atoms with E-state index in [4.69, 9.17) is 0 Å². The van der Waals surface area contributed by atoms with Crippen LogP contribution in [-0.4, -0.2) is 56.0 Å². The van der Waals surface area contributed by atoms with E-state index in [0.717, 1.165) is 19.4 Å². The quantitative estimate of drug-likeness (QED) is 0.803. The summed E-state index contributed by atoms with van der Waals surface area (Å²) in [7, 11) is -1.51. The Hall–Kier alpha value is -1.25. The summed E-state index contributed by atoms with van der Waals surface area (Å²) in [6.45, 7) is 4.06. The number of nitrogens with zero attached hydrogens (tertiary/aromatic N) is 3. The highest BCUT2D eigenvalue weighted by molar-refractivity contribution is 7.89. The van der Waals surface area contributed by atoms with Gasteiger partial charge < -0.3 is 10.2 Å². The maximum Gasteiger partial charge on any atom is 0.243 e. The average Bonchev–Trinajstić information content (AvgIpc) is 2.47. The van der Waals surface area contributed by atoms with Crippen molar-refractivity contribution < 1.29 is 8.42 Å². The fraction of sp³-hybridized carbons (Fsp3) is 0.692. The standard InChI is InChI=1S/C13H23N5O2S/c1-3-14-13-15-9-12(10-16-13)21(19,20)17-8-11-6-4-5-7-18(11)2/h9-11,17H,3-8H2,1-2H3,(H,14,15,16). The van der Waals surface area contributed by atoms with Crippen LogP contribution in [0.1, 0.15) is 26.2 Å². The Balaban J connectivity index is 1.97. The molecule has 0 saturated carbocycles. The molecule has 0 aliphatic carbocycles. The molecule has 0 aromatic carbocycles. The van der Waals surface area contributed by atoms with Gasteiger partial charge >= 0.3 is 0 Å². The van der Waals surface area contributed by atoms with E-state index in [2.05, 4.69) is 24.9 Å². The number of piperidine rings is 1. The molecule has 1 atom stereocenters. The first-order chi connectivity index (χ1) is 10.0. The van der Waals surface area contributed by atoms with Crippen LogP contribution in [0.2, 0.25) is 0 Å². The predicted octanol–water partition coefficient (Wildman–Crippen LogP) is 0.671. The second kappa shape index (κ2) is 7.15. The molecule has 118 valence electrons. The zero-order valence-corrected chi connectivity index (χ0v) is 13.4. The second-order valence-electron chi connectivity index (χ2n) is 5.25. The molecule has 2 N–H and O–H groups in total. The van der Waals surface area contributed by atoms with Crippen LogP contribution in [-0.2, 0) is 10.0 Å². The zero-order valence-electron chi connectivity index (χ0n) is 12.5. The first kappa shape index (κ1) is 16.1. The van der Waals surface area contributed by atoms with Gasteiger partial charge in [-0.3, -0.25) is 0 Å². The van der Waals surface area contributed by atoms with E-state index in [9.17, 15) is 8.42 Å². The number of likely N-dealkylation sites (N-methyl/N-ethyl adjacent to an activating group) is 1. The fourth-order valence-corrected chi connectivity index (χ4v) is 3.36. The van der Waals surface area contributed by atoms with Gasteiger partial charge in [0.05, 0.1) is 12.4 Å². The Bertz CT molecular complexity index is 546. The number of anilines is 1. The van der Waals surface area contributed by atoms with Crippen LogP contribution >= 0.6 is 0 Å². The normalized spacial score (nSPS) is 20.4. The first-order valence-corrected chi connectivity index (χ1v) is 8.77. The van der Waals surface area contributed by atoms with Crippen molar-refractivity contribution in [2.75, 3.05) is 32.0 Å². The number of nitrogens with one attached hydrogen (secondary N) is 2. The summed E-state index contributed by atoms with van der Waals surface area (Å²) in [5.74, 6) is 0.434. The van der Waals surface area contributed by atoms with Crippen LogP contribution in [0.25, 0.3) is 0 Å². The number of hydrogen-bond acceptors (Lipinski definition) is 6. The van der Waals surface area contributed by atoms with Crippen LogP contribution in [0.4, 0.5) is 5.95 Å². The van der Waals surface area contributed by atoms with Crippen LogP contribution in [0.15, 0.2) is 17.3 Å². The molecule has 2 rings (SSSR count). The van der Waals surface area contributed by atoms with Crippen molar-refractivity contribution in [1.29, 1.82) is 0 Å². The van der Waals surface area contributed by atoms with Crippen molar-refractivity contribution in [3.05, 3.63) is 12.4 Å². The predicted molar refractivity (Wildman–Crippen MR) is 81.7 cm³/mol. The molecule has 1 saturated heterocycles. The largest absolute Gasteiger partial charge is 0.355 e. The van der Waals surface area contributed by atoms with Gasteiger partial charge in [-0.2, -0.15) is 0 Å². The average molecular weight is 313 g/mol. The molecule has 1 aliphatic rings. The van der Waals surface area contributed by atoms with Gasteiger partial charge in [0, 0.05) is 19.1 Å². The molecular formula is C13H23N5O2S. The van der Waals surface area contributed by atoms with E-state index in [1.165, 1.54) is 18.8 Å². The van der Waals surface area contributed by atoms with E-state index in [1.807, 2.05) is 14.0 Å². The Morgan fingerprint density at radius 1 is 1.33 bits per heavy atom. The molecule has 2 heterocycles. The third-order valence-corrected chi connectivity index (χ3v) is 5.08. The van der Waals surface area contributed by atoms with Gasteiger partial charge in [-0.1, -0.05) is 6.42 Å². The third kappa shape index (κ3) is 4.36. The fourth-order valence-electron chi connectivity index (χ4n) is 2.40. The second-order valence-corrected chi connectivity index (χ2v) is 7.02. The van der Waals surface area contributed by atoms with Gasteiger partial charge in [-0.05, 0) is 33.4 Å². The molecule has 1 aromatic heterocycles. The maximum absolute atomic E-state index is 12.2. The molecule has 1 unspecified atom stereocenters. The third-order valence-electron chi connectivity index (χ3n) is 3.70. The molecule has 7 nitrogen and oxygen atoms in total. The lowest BCUT2D eigenvalue weighted by atomic mass is 10.0. The maximum atomic E-state index is 12.2. The van der Waals surface area contributed by atoms with Crippen LogP contribution < -0.4 is 10.0 Å². The highest BCUT2D eigenvalue weighted by Crippen LogP contribution is 2.15. The molecule has 8 heteroatoms. The SMILES string of the molecule is CCNc1ncc(S(=O)(=O)NCC2CCCCN2C)cn1. The van der Waals surface area contributed by atoms with E-state index in [1.54, 1.807) is 0 Å². The molecule has 0 bridgehead atoms. The number of aromatic nitrogens is 2. The van der Waals surface area contributed by atoms with Gasteiger partial charge in [-0.15, -0.1) is 0 Å². The summed E-state index contributed by atoms with van der Waals surface area (Å²) in [5.41, 5.74) is 0. The molecule has 0 spiro atoms. The summed E-state index contributed by atoms with van der Waals surface area (Å²) in [4.78, 5) is 10.3. The minimum Gasteiger partial charge on any atom is -0.355 e. The molecule has 1 aromatic rings. The highest BCUT2D eigenvalue weighted by Gasteiger charge is 2.22. The lowest BCUT2D eigenvalue weighted by molar-refractivity contribution is 0.187. The van der Waals surface area contributed by atoms with Crippen molar-refractivity contribution >= 4 is 16.0 Å². The summed E-state index contributed by atoms with van der Waals surface area (Å²) in [6.07, 6.45) is 6.02. The Kier molecular flexibility index (Phi) is 5.49. The summed E-state index contributed by atoms with van der Waals surface area (Å²) < 4.78 is 27.1. The van der Waals surface area contributed by atoms with Crippen molar-refractivity contribution in [2.24, 2.45) is 0 Å². The lowest BCUT2D eigenvalue weighted by Crippen LogP contribution is -2.44. The number of rotatable bonds is 6. The lowest BCUT2D eigenvalue weighted by Gasteiger charge is -2.32. The van der Waals surface area contributed by atoms with Gasteiger partial charge in [-0.25, -0.2) is 23.1 Å². The molecule has 0 radical (unpaired) electrons. The van der Waals surface area contributed by atoms with E-state index >= 15 is 0 Å². The Labute approximate surface area is 126 Å². The smallest absolute Gasteiger partial charge is 0.243 e. The van der Waals surface area contributed by atoms with E-state index < -0.39 is 10.0 Å². The van der Waals surface area contributed by atoms with E-state index in [0.29, 0.717) is 19.0 Å². The molecular weight excluding hydrogens is 290 g/mol. The first-order valence-electron chi connectivity index (χ1n) is 7.28. The minimum atomic E-state index is -3.54. The van der Waals surface area contributed by atoms with Crippen molar-refractivity contribution in [2.45, 2.75) is 37.1 Å². The van der Waals surface area contributed by atoms with Crippen molar-refractivity contribution in [1.82, 2.24) is 19.6 Å². The molecule has 1 fully saturated rings. The number of likely N-dealkylation sites (tertiary alicyclic amines) is 1. The van der Waals surface area contributed by atoms with Crippen molar-refractivity contribution in [3.63, 3.8) is 0 Å². The Morgan fingerprint density at radius 3 is 2.67 bits per heavy atom. The van der Waals surface area contributed by atoms with Gasteiger partial charge in [0.25, 0.3) is 0 Å². The van der Waals surface area contributed by atoms with Gasteiger partial charge in [0.15, 0.2) is 0 Å². The number of hydrogen-bond donors (Lipinski definition) is 2. The topological polar surface area (TPSA) is 87.2 Å². The van der Waals surface area contributed by atoms with Crippen molar-refractivity contribution in [3.8, 4) is 0 Å². The van der Waals surface area contributed by atoms with E-state index in [-0.39, 0.29) is 10.9 Å². The monoisotopic (exact) mass is 313 g/mol. The van der Waals surface area contributed by atoms with Crippen LogP contribution in [0.5, 0.6) is 0 Å². The summed E-state index contributed by atoms with van der Waals surface area (Å²) >= 11 is 0.